The van der Waals surface area contributed by atoms with Gasteiger partial charge in [-0.2, -0.15) is 0 Å². The van der Waals surface area contributed by atoms with Gasteiger partial charge in [-0.3, -0.25) is 4.79 Å². The molecule has 0 spiro atoms. The number of halogens is 1. The van der Waals surface area contributed by atoms with Crippen molar-refractivity contribution >= 4 is 16.8 Å². The van der Waals surface area contributed by atoms with Gasteiger partial charge in [-0.25, -0.2) is 9.37 Å². The summed E-state index contributed by atoms with van der Waals surface area (Å²) in [6.45, 7) is 1.18. The number of aromatic nitrogens is 3. The molecule has 0 aliphatic heterocycles. The maximum Gasteiger partial charge on any atom is 0.250 e. The molecule has 1 aromatic carbocycles. The van der Waals surface area contributed by atoms with Gasteiger partial charge in [0.2, 0.25) is 0 Å². The SMILES string of the molecule is COCCOC1CCC(n2ccc3c(F)c(-n4ccnc4)cc(C(N)=O)c32)CC1. The van der Waals surface area contributed by atoms with E-state index in [0.29, 0.717) is 29.7 Å². The molecular weight excluding hydrogens is 375 g/mol. The Morgan fingerprint density at radius 1 is 1.28 bits per heavy atom. The topological polar surface area (TPSA) is 84.3 Å². The van der Waals surface area contributed by atoms with Crippen molar-refractivity contribution in [2.75, 3.05) is 20.3 Å². The standard InChI is InChI=1S/C21H25FN4O3/c1-28-10-11-29-15-4-2-14(3-5-15)26-8-6-16-19(22)18(25-9-7-24-13-25)12-17(20(16)26)21(23)27/h6-9,12-15H,2-5,10-11H2,1H3,(H2,23,27). The average molecular weight is 400 g/mol. The summed E-state index contributed by atoms with van der Waals surface area (Å²) in [7, 11) is 1.66. The van der Waals surface area contributed by atoms with Gasteiger partial charge in [-0.05, 0) is 37.8 Å². The zero-order valence-electron chi connectivity index (χ0n) is 16.4. The molecule has 0 saturated heterocycles. The third-order valence-electron chi connectivity index (χ3n) is 5.64. The Morgan fingerprint density at radius 2 is 2.07 bits per heavy atom. The van der Waals surface area contributed by atoms with Gasteiger partial charge in [0, 0.05) is 37.1 Å². The van der Waals surface area contributed by atoms with Gasteiger partial charge < -0.3 is 24.3 Å². The number of benzene rings is 1. The summed E-state index contributed by atoms with van der Waals surface area (Å²) in [6.07, 6.45) is 10.4. The number of nitrogens with two attached hydrogens (primary N) is 1. The Bertz CT molecular complexity index is 991. The van der Waals surface area contributed by atoms with Crippen LogP contribution in [0.5, 0.6) is 0 Å². The van der Waals surface area contributed by atoms with E-state index in [1.54, 1.807) is 30.1 Å². The number of hydrogen-bond donors (Lipinski definition) is 1. The number of fused-ring (bicyclic) bond motifs is 1. The largest absolute Gasteiger partial charge is 0.382 e. The number of carbonyl (C=O) groups is 1. The molecule has 0 atom stereocenters. The van der Waals surface area contributed by atoms with E-state index in [9.17, 15) is 4.79 Å². The van der Waals surface area contributed by atoms with Crippen LogP contribution in [0.4, 0.5) is 4.39 Å². The van der Waals surface area contributed by atoms with Gasteiger partial charge in [-0.1, -0.05) is 0 Å². The Morgan fingerprint density at radius 3 is 2.72 bits per heavy atom. The van der Waals surface area contributed by atoms with E-state index in [1.165, 1.54) is 12.4 Å². The highest BCUT2D eigenvalue weighted by Crippen LogP contribution is 2.36. The van der Waals surface area contributed by atoms with E-state index in [-0.39, 0.29) is 17.8 Å². The van der Waals surface area contributed by atoms with Crippen LogP contribution in [0.2, 0.25) is 0 Å². The summed E-state index contributed by atoms with van der Waals surface area (Å²) < 4.78 is 29.7. The van der Waals surface area contributed by atoms with Crippen molar-refractivity contribution in [1.82, 2.24) is 14.1 Å². The van der Waals surface area contributed by atoms with E-state index in [4.69, 9.17) is 15.2 Å². The van der Waals surface area contributed by atoms with Gasteiger partial charge in [0.15, 0.2) is 5.82 Å². The summed E-state index contributed by atoms with van der Waals surface area (Å²) in [5, 5.41) is 0.392. The van der Waals surface area contributed by atoms with E-state index < -0.39 is 11.7 Å². The quantitative estimate of drug-likeness (QED) is 0.617. The molecule has 29 heavy (non-hydrogen) atoms. The molecule has 1 aliphatic carbocycles. The van der Waals surface area contributed by atoms with Crippen LogP contribution in [0.1, 0.15) is 42.1 Å². The molecule has 1 amide bonds. The number of ether oxygens (including phenoxy) is 2. The number of imidazole rings is 1. The molecule has 2 N–H and O–H groups in total. The van der Waals surface area contributed by atoms with Crippen LogP contribution in [-0.2, 0) is 9.47 Å². The Balaban J connectivity index is 1.65. The molecule has 0 unspecified atom stereocenters. The second-order valence-electron chi connectivity index (χ2n) is 7.37. The molecule has 7 nitrogen and oxygen atoms in total. The minimum atomic E-state index is -0.576. The number of amides is 1. The lowest BCUT2D eigenvalue weighted by atomic mass is 9.92. The molecule has 4 rings (SSSR count). The number of nitrogens with zero attached hydrogens (tertiary/aromatic N) is 3. The summed E-state index contributed by atoms with van der Waals surface area (Å²) in [6, 6.07) is 3.41. The number of hydrogen-bond acceptors (Lipinski definition) is 4. The zero-order valence-corrected chi connectivity index (χ0v) is 16.4. The molecular formula is C21H25FN4O3. The first-order valence-corrected chi connectivity index (χ1v) is 9.82. The second-order valence-corrected chi connectivity index (χ2v) is 7.37. The van der Waals surface area contributed by atoms with Gasteiger partial charge in [0.05, 0.1) is 42.4 Å². The lowest BCUT2D eigenvalue weighted by Crippen LogP contribution is -2.25. The molecule has 3 aromatic rings. The van der Waals surface area contributed by atoms with Gasteiger partial charge in [-0.15, -0.1) is 0 Å². The van der Waals surface area contributed by atoms with Crippen molar-refractivity contribution in [3.8, 4) is 5.69 Å². The third kappa shape index (κ3) is 3.77. The van der Waals surface area contributed by atoms with Crippen LogP contribution >= 0.6 is 0 Å². The summed E-state index contributed by atoms with van der Waals surface area (Å²) in [4.78, 5) is 16.2. The van der Waals surface area contributed by atoms with E-state index in [0.717, 1.165) is 25.7 Å². The zero-order chi connectivity index (χ0) is 20.4. The normalized spacial score (nSPS) is 19.7. The van der Waals surface area contributed by atoms with E-state index in [1.807, 2.05) is 10.8 Å². The van der Waals surface area contributed by atoms with Crippen LogP contribution < -0.4 is 5.73 Å². The molecule has 0 bridgehead atoms. The van der Waals surface area contributed by atoms with Gasteiger partial charge in [0.1, 0.15) is 0 Å². The lowest BCUT2D eigenvalue weighted by molar-refractivity contribution is -0.00619. The van der Waals surface area contributed by atoms with Crippen LogP contribution in [0.15, 0.2) is 37.1 Å². The molecule has 1 aliphatic rings. The minimum absolute atomic E-state index is 0.173. The maximum absolute atomic E-state index is 15.2. The van der Waals surface area contributed by atoms with Crippen molar-refractivity contribution < 1.29 is 18.7 Å². The molecule has 2 aromatic heterocycles. The summed E-state index contributed by atoms with van der Waals surface area (Å²) in [5.41, 5.74) is 6.80. The molecule has 2 heterocycles. The molecule has 8 heteroatoms. The van der Waals surface area contributed by atoms with E-state index >= 15 is 4.39 Å². The van der Waals surface area contributed by atoms with Crippen LogP contribution in [0.25, 0.3) is 16.6 Å². The number of carbonyl (C=O) groups excluding carboxylic acids is 1. The fraction of sp³-hybridized carbons (Fsp3) is 0.429. The number of rotatable bonds is 7. The van der Waals surface area contributed by atoms with Gasteiger partial charge in [0.25, 0.3) is 5.91 Å². The van der Waals surface area contributed by atoms with Crippen LogP contribution in [-0.4, -0.2) is 46.5 Å². The van der Waals surface area contributed by atoms with Crippen molar-refractivity contribution in [2.45, 2.75) is 37.8 Å². The summed E-state index contributed by atoms with van der Waals surface area (Å²) in [5.74, 6) is -0.966. The highest BCUT2D eigenvalue weighted by molar-refractivity contribution is 6.06. The predicted molar refractivity (Wildman–Crippen MR) is 107 cm³/mol. The fourth-order valence-corrected chi connectivity index (χ4v) is 4.18. The highest BCUT2D eigenvalue weighted by atomic mass is 19.1. The Hall–Kier alpha value is -2.71. The molecule has 0 radical (unpaired) electrons. The van der Waals surface area contributed by atoms with Crippen molar-refractivity contribution in [1.29, 1.82) is 0 Å². The monoisotopic (exact) mass is 400 g/mol. The molecule has 1 fully saturated rings. The van der Waals surface area contributed by atoms with Crippen LogP contribution in [0, 0.1) is 5.82 Å². The fourth-order valence-electron chi connectivity index (χ4n) is 4.18. The van der Waals surface area contributed by atoms with E-state index in [2.05, 4.69) is 4.98 Å². The number of methoxy groups -OCH3 is 1. The third-order valence-corrected chi connectivity index (χ3v) is 5.64. The van der Waals surface area contributed by atoms with Crippen molar-refractivity contribution in [3.63, 3.8) is 0 Å². The van der Waals surface area contributed by atoms with Crippen molar-refractivity contribution in [2.24, 2.45) is 5.73 Å². The first-order chi connectivity index (χ1) is 14.1. The molecule has 1 saturated carbocycles. The second kappa shape index (κ2) is 8.34. The first-order valence-electron chi connectivity index (χ1n) is 9.82. The Kier molecular flexibility index (Phi) is 5.64. The highest BCUT2D eigenvalue weighted by Gasteiger charge is 2.26. The first kappa shape index (κ1) is 19.6. The predicted octanol–water partition coefficient (Wildman–Crippen LogP) is 3.21. The van der Waals surface area contributed by atoms with Crippen molar-refractivity contribution in [3.05, 3.63) is 48.4 Å². The average Bonchev–Trinajstić information content (AvgIpc) is 3.39. The summed E-state index contributed by atoms with van der Waals surface area (Å²) >= 11 is 0. The molecule has 154 valence electrons. The van der Waals surface area contributed by atoms with Crippen LogP contribution in [0.3, 0.4) is 0 Å². The van der Waals surface area contributed by atoms with Gasteiger partial charge >= 0.3 is 0 Å². The lowest BCUT2D eigenvalue weighted by Gasteiger charge is -2.30. The maximum atomic E-state index is 15.2. The number of primary amides is 1. The Labute approximate surface area is 168 Å². The smallest absolute Gasteiger partial charge is 0.250 e. The minimum Gasteiger partial charge on any atom is -0.382 e.